The van der Waals surface area contributed by atoms with Crippen molar-refractivity contribution in [2.24, 2.45) is 11.7 Å². The largest absolute Gasteiger partial charge is 0.326 e. The number of hydrogen-bond donors (Lipinski definition) is 1. The lowest BCUT2D eigenvalue weighted by atomic mass is 10.1. The number of nitrogens with two attached hydrogens (primary N) is 1. The molecule has 4 atom stereocenters. The SMILES string of the molecule is CC(=O)N(OCC1CC(Cl)C(Cl)C1N)c1ccccc1. The Morgan fingerprint density at radius 2 is 2.05 bits per heavy atom. The lowest BCUT2D eigenvalue weighted by Gasteiger charge is -2.24. The number of carbonyl (C=O) groups excluding carboxylic acids is 1. The van der Waals surface area contributed by atoms with Crippen LogP contribution < -0.4 is 10.8 Å². The molecule has 2 rings (SSSR count). The Labute approximate surface area is 128 Å². The van der Waals surface area contributed by atoms with Gasteiger partial charge in [-0.3, -0.25) is 9.63 Å². The highest BCUT2D eigenvalue weighted by Crippen LogP contribution is 2.33. The van der Waals surface area contributed by atoms with E-state index in [2.05, 4.69) is 0 Å². The summed E-state index contributed by atoms with van der Waals surface area (Å²) in [5.41, 5.74) is 6.71. The van der Waals surface area contributed by atoms with Gasteiger partial charge in [0, 0.05) is 18.9 Å². The molecule has 0 aromatic heterocycles. The first-order valence-corrected chi connectivity index (χ1v) is 7.40. The van der Waals surface area contributed by atoms with Crippen LogP contribution in [0.3, 0.4) is 0 Å². The molecule has 0 bridgehead atoms. The molecule has 0 heterocycles. The van der Waals surface area contributed by atoms with E-state index in [-0.39, 0.29) is 28.6 Å². The van der Waals surface area contributed by atoms with Crippen LogP contribution in [0, 0.1) is 5.92 Å². The Kier molecular flexibility index (Phi) is 5.27. The van der Waals surface area contributed by atoms with Gasteiger partial charge in [-0.1, -0.05) is 18.2 Å². The van der Waals surface area contributed by atoms with Gasteiger partial charge >= 0.3 is 0 Å². The van der Waals surface area contributed by atoms with Crippen molar-refractivity contribution in [3.05, 3.63) is 30.3 Å². The zero-order valence-electron chi connectivity index (χ0n) is 11.2. The molecule has 0 aliphatic heterocycles. The van der Waals surface area contributed by atoms with Crippen molar-refractivity contribution >= 4 is 34.8 Å². The van der Waals surface area contributed by atoms with Crippen molar-refractivity contribution in [2.45, 2.75) is 30.1 Å². The Morgan fingerprint density at radius 1 is 1.40 bits per heavy atom. The summed E-state index contributed by atoms with van der Waals surface area (Å²) in [6.45, 7) is 1.78. The van der Waals surface area contributed by atoms with Crippen LogP contribution >= 0.6 is 23.2 Å². The summed E-state index contributed by atoms with van der Waals surface area (Å²) < 4.78 is 0. The van der Waals surface area contributed by atoms with Crippen molar-refractivity contribution in [2.75, 3.05) is 11.7 Å². The van der Waals surface area contributed by atoms with Crippen molar-refractivity contribution in [1.29, 1.82) is 0 Å². The van der Waals surface area contributed by atoms with Crippen molar-refractivity contribution in [3.8, 4) is 0 Å². The molecule has 4 nitrogen and oxygen atoms in total. The van der Waals surface area contributed by atoms with Gasteiger partial charge in [-0.05, 0) is 18.6 Å². The first kappa shape index (κ1) is 15.6. The van der Waals surface area contributed by atoms with E-state index < -0.39 is 0 Å². The second kappa shape index (κ2) is 6.76. The third-order valence-electron chi connectivity index (χ3n) is 3.48. The van der Waals surface area contributed by atoms with Crippen LogP contribution in [0.4, 0.5) is 5.69 Å². The molecule has 1 fully saturated rings. The molecule has 1 aliphatic carbocycles. The number of rotatable bonds is 4. The molecular formula is C14H18Cl2N2O2. The Balaban J connectivity index is 1.99. The number of nitrogens with zero attached hydrogens (tertiary/aromatic N) is 1. The summed E-state index contributed by atoms with van der Waals surface area (Å²) in [6.07, 6.45) is 0.692. The normalized spacial score (nSPS) is 29.4. The second-order valence-electron chi connectivity index (χ2n) is 4.98. The lowest BCUT2D eigenvalue weighted by molar-refractivity contribution is -0.124. The van der Waals surface area contributed by atoms with Crippen LogP contribution in [-0.2, 0) is 9.63 Å². The van der Waals surface area contributed by atoms with Crippen LogP contribution in [0.5, 0.6) is 0 Å². The molecule has 20 heavy (non-hydrogen) atoms. The maximum atomic E-state index is 11.7. The summed E-state index contributed by atoms with van der Waals surface area (Å²) in [4.78, 5) is 17.3. The third-order valence-corrected chi connectivity index (χ3v) is 4.65. The molecule has 1 aromatic rings. The van der Waals surface area contributed by atoms with Gasteiger partial charge in [0.15, 0.2) is 0 Å². The van der Waals surface area contributed by atoms with Crippen molar-refractivity contribution in [1.82, 2.24) is 0 Å². The minimum absolute atomic E-state index is 0.0468. The summed E-state index contributed by atoms with van der Waals surface area (Å²) >= 11 is 12.2. The highest BCUT2D eigenvalue weighted by atomic mass is 35.5. The molecule has 6 heteroatoms. The van der Waals surface area contributed by atoms with E-state index in [0.29, 0.717) is 18.7 Å². The number of halogens is 2. The highest BCUT2D eigenvalue weighted by molar-refractivity contribution is 6.30. The molecule has 110 valence electrons. The first-order valence-electron chi connectivity index (χ1n) is 6.53. The van der Waals surface area contributed by atoms with Crippen LogP contribution in [0.15, 0.2) is 30.3 Å². The third kappa shape index (κ3) is 3.44. The predicted molar refractivity (Wildman–Crippen MR) is 80.9 cm³/mol. The minimum atomic E-state index is -0.257. The molecule has 4 unspecified atom stereocenters. The van der Waals surface area contributed by atoms with E-state index in [1.165, 1.54) is 12.0 Å². The topological polar surface area (TPSA) is 55.6 Å². The summed E-state index contributed by atoms with van der Waals surface area (Å²) in [5.74, 6) is -0.141. The van der Waals surface area contributed by atoms with E-state index in [1.807, 2.05) is 30.3 Å². The average Bonchev–Trinajstić information content (AvgIpc) is 2.67. The van der Waals surface area contributed by atoms with Gasteiger partial charge in [0.05, 0.1) is 23.0 Å². The zero-order chi connectivity index (χ0) is 14.7. The number of carbonyl (C=O) groups is 1. The van der Waals surface area contributed by atoms with E-state index in [0.717, 1.165) is 0 Å². The predicted octanol–water partition coefficient (Wildman–Crippen LogP) is 2.53. The second-order valence-corrected chi connectivity index (χ2v) is 6.04. The fraction of sp³-hybridized carbons (Fsp3) is 0.500. The van der Waals surface area contributed by atoms with Crippen LogP contribution in [-0.4, -0.2) is 29.3 Å². The Hall–Kier alpha value is -0.810. The zero-order valence-corrected chi connectivity index (χ0v) is 12.7. The van der Waals surface area contributed by atoms with Gasteiger partial charge in [-0.2, -0.15) is 5.06 Å². The first-order chi connectivity index (χ1) is 9.50. The van der Waals surface area contributed by atoms with Gasteiger partial charge < -0.3 is 5.73 Å². The molecular weight excluding hydrogens is 299 g/mol. The van der Waals surface area contributed by atoms with E-state index in [4.69, 9.17) is 33.8 Å². The molecule has 1 amide bonds. The molecule has 0 radical (unpaired) electrons. The van der Waals surface area contributed by atoms with Gasteiger partial charge in [0.1, 0.15) is 0 Å². The summed E-state index contributed by atoms with van der Waals surface area (Å²) in [7, 11) is 0. The number of alkyl halides is 2. The van der Waals surface area contributed by atoms with E-state index in [1.54, 1.807) is 0 Å². The molecule has 0 saturated heterocycles. The maximum absolute atomic E-state index is 11.7. The number of anilines is 1. The quantitative estimate of drug-likeness (QED) is 0.686. The van der Waals surface area contributed by atoms with Crippen LogP contribution in [0.2, 0.25) is 0 Å². The van der Waals surface area contributed by atoms with Gasteiger partial charge in [-0.15, -0.1) is 23.2 Å². The Bertz CT molecular complexity index is 458. The Morgan fingerprint density at radius 3 is 2.55 bits per heavy atom. The molecule has 1 saturated carbocycles. The van der Waals surface area contributed by atoms with Gasteiger partial charge in [-0.25, -0.2) is 0 Å². The van der Waals surface area contributed by atoms with Crippen LogP contribution in [0.25, 0.3) is 0 Å². The van der Waals surface area contributed by atoms with Gasteiger partial charge in [0.2, 0.25) is 5.91 Å². The number of para-hydroxylation sites is 1. The molecule has 1 aliphatic rings. The molecule has 0 spiro atoms. The van der Waals surface area contributed by atoms with Gasteiger partial charge in [0.25, 0.3) is 0 Å². The molecule has 2 N–H and O–H groups in total. The standard InChI is InChI=1S/C14H18Cl2N2O2/c1-9(19)18(11-5-3-2-4-6-11)20-8-10-7-12(15)13(16)14(10)17/h2-6,10,12-14H,7-8,17H2,1H3. The maximum Gasteiger partial charge on any atom is 0.247 e. The number of hydroxylamine groups is 1. The van der Waals surface area contributed by atoms with E-state index >= 15 is 0 Å². The average molecular weight is 317 g/mol. The lowest BCUT2D eigenvalue weighted by Crippen LogP contribution is -2.38. The minimum Gasteiger partial charge on any atom is -0.326 e. The highest BCUT2D eigenvalue weighted by Gasteiger charge is 2.39. The fourth-order valence-corrected chi connectivity index (χ4v) is 3.04. The van der Waals surface area contributed by atoms with Crippen LogP contribution in [0.1, 0.15) is 13.3 Å². The van der Waals surface area contributed by atoms with Crippen molar-refractivity contribution < 1.29 is 9.63 Å². The fourth-order valence-electron chi connectivity index (χ4n) is 2.34. The monoisotopic (exact) mass is 316 g/mol. The number of hydrogen-bond acceptors (Lipinski definition) is 3. The number of benzene rings is 1. The molecule has 1 aromatic carbocycles. The number of amides is 1. The van der Waals surface area contributed by atoms with Crippen molar-refractivity contribution in [3.63, 3.8) is 0 Å². The van der Waals surface area contributed by atoms with E-state index in [9.17, 15) is 4.79 Å². The summed E-state index contributed by atoms with van der Waals surface area (Å²) in [6, 6.07) is 8.98. The smallest absolute Gasteiger partial charge is 0.247 e. The summed E-state index contributed by atoms with van der Waals surface area (Å²) in [5, 5.41) is 0.868.